The van der Waals surface area contributed by atoms with Crippen LogP contribution in [0.15, 0.2) is 83.5 Å². The number of rotatable bonds is 8. The van der Waals surface area contributed by atoms with Crippen molar-refractivity contribution in [2.24, 2.45) is 0 Å². The van der Waals surface area contributed by atoms with Crippen molar-refractivity contribution >= 4 is 16.9 Å². The number of methoxy groups -OCH3 is 1. The van der Waals surface area contributed by atoms with E-state index in [9.17, 15) is 4.79 Å². The van der Waals surface area contributed by atoms with E-state index in [0.717, 1.165) is 33.6 Å². The zero-order valence-corrected chi connectivity index (χ0v) is 16.8. The van der Waals surface area contributed by atoms with Crippen molar-refractivity contribution in [2.45, 2.75) is 6.42 Å². The topological polar surface area (TPSA) is 60.7 Å². The highest BCUT2D eigenvalue weighted by Gasteiger charge is 2.11. The van der Waals surface area contributed by atoms with Gasteiger partial charge in [-0.05, 0) is 23.8 Å². The highest BCUT2D eigenvalue weighted by molar-refractivity contribution is 5.88. The third kappa shape index (κ3) is 4.46. The van der Waals surface area contributed by atoms with E-state index in [1.807, 2.05) is 60.7 Å². The van der Waals surface area contributed by atoms with Crippen molar-refractivity contribution in [1.29, 1.82) is 0 Å². The van der Waals surface area contributed by atoms with Gasteiger partial charge in [-0.25, -0.2) is 0 Å². The number of para-hydroxylation sites is 1. The van der Waals surface area contributed by atoms with E-state index in [2.05, 4.69) is 17.4 Å². The normalized spacial score (nSPS) is 10.7. The Labute approximate surface area is 175 Å². The Morgan fingerprint density at radius 3 is 2.63 bits per heavy atom. The van der Waals surface area contributed by atoms with Gasteiger partial charge in [-0.2, -0.15) is 0 Å². The number of carbonyl (C=O) groups excluding carboxylic acids is 1. The molecule has 30 heavy (non-hydrogen) atoms. The van der Waals surface area contributed by atoms with Gasteiger partial charge in [0.15, 0.2) is 0 Å². The predicted octanol–water partition coefficient (Wildman–Crippen LogP) is 4.85. The lowest BCUT2D eigenvalue weighted by Crippen LogP contribution is -2.29. The van der Waals surface area contributed by atoms with E-state index in [4.69, 9.17) is 13.9 Å². The minimum absolute atomic E-state index is 0.0755. The van der Waals surface area contributed by atoms with Crippen molar-refractivity contribution in [3.63, 3.8) is 0 Å². The molecular formula is C25H23NO4. The number of ether oxygens (including phenoxy) is 2. The number of furan rings is 1. The van der Waals surface area contributed by atoms with Crippen LogP contribution in [-0.2, 0) is 11.2 Å². The fraction of sp³-hybridized carbons (Fsp3) is 0.160. The van der Waals surface area contributed by atoms with Crippen LogP contribution >= 0.6 is 0 Å². The van der Waals surface area contributed by atoms with E-state index in [0.29, 0.717) is 18.7 Å². The minimum atomic E-state index is -0.0755. The summed E-state index contributed by atoms with van der Waals surface area (Å²) in [5, 5.41) is 3.82. The van der Waals surface area contributed by atoms with Crippen LogP contribution in [0.5, 0.6) is 11.5 Å². The Bertz CT molecular complexity index is 1130. The molecule has 1 amide bonds. The molecule has 0 saturated carbocycles. The van der Waals surface area contributed by atoms with Crippen molar-refractivity contribution in [3.8, 4) is 22.6 Å². The highest BCUT2D eigenvalue weighted by atomic mass is 16.5. The summed E-state index contributed by atoms with van der Waals surface area (Å²) >= 11 is 0. The molecule has 3 aromatic carbocycles. The van der Waals surface area contributed by atoms with Gasteiger partial charge in [-0.15, -0.1) is 0 Å². The van der Waals surface area contributed by atoms with Crippen LogP contribution in [-0.4, -0.2) is 26.2 Å². The standard InChI is InChI=1S/C25H23NO4/c1-28-20-11-12-22-19(17-30-24(22)16-20)15-25(27)26-13-14-29-23-10-6-5-9-21(23)18-7-3-2-4-8-18/h2-12,16-17H,13-15H2,1H3,(H,26,27). The monoisotopic (exact) mass is 401 g/mol. The molecule has 0 aliphatic carbocycles. The van der Waals surface area contributed by atoms with E-state index in [-0.39, 0.29) is 12.3 Å². The van der Waals surface area contributed by atoms with Crippen molar-refractivity contribution in [1.82, 2.24) is 5.32 Å². The fourth-order valence-electron chi connectivity index (χ4n) is 3.36. The van der Waals surface area contributed by atoms with Crippen LogP contribution in [0.2, 0.25) is 0 Å². The van der Waals surface area contributed by atoms with Gasteiger partial charge in [-0.1, -0.05) is 48.5 Å². The van der Waals surface area contributed by atoms with Gasteiger partial charge in [0.2, 0.25) is 5.91 Å². The van der Waals surface area contributed by atoms with E-state index >= 15 is 0 Å². The minimum Gasteiger partial charge on any atom is -0.497 e. The zero-order valence-electron chi connectivity index (χ0n) is 16.8. The molecule has 0 spiro atoms. The van der Waals surface area contributed by atoms with Crippen molar-refractivity contribution in [3.05, 3.63) is 84.6 Å². The Morgan fingerprint density at radius 1 is 1.00 bits per heavy atom. The van der Waals surface area contributed by atoms with E-state index in [1.54, 1.807) is 13.4 Å². The Balaban J connectivity index is 1.31. The van der Waals surface area contributed by atoms with Gasteiger partial charge < -0.3 is 19.2 Å². The van der Waals surface area contributed by atoms with Crippen LogP contribution < -0.4 is 14.8 Å². The fourth-order valence-corrected chi connectivity index (χ4v) is 3.36. The molecule has 0 bridgehead atoms. The molecule has 1 aromatic heterocycles. The van der Waals surface area contributed by atoms with Crippen molar-refractivity contribution < 1.29 is 18.7 Å². The molecule has 0 fully saturated rings. The first-order valence-corrected chi connectivity index (χ1v) is 9.82. The van der Waals surface area contributed by atoms with Crippen LogP contribution in [0.1, 0.15) is 5.56 Å². The number of nitrogens with one attached hydrogen (secondary N) is 1. The summed E-state index contributed by atoms with van der Waals surface area (Å²) in [6.07, 6.45) is 1.87. The van der Waals surface area contributed by atoms with E-state index < -0.39 is 0 Å². The van der Waals surface area contributed by atoms with Crippen LogP contribution in [0.3, 0.4) is 0 Å². The molecule has 0 aliphatic heterocycles. The van der Waals surface area contributed by atoms with Gasteiger partial charge >= 0.3 is 0 Å². The van der Waals surface area contributed by atoms with Crippen LogP contribution in [0.25, 0.3) is 22.1 Å². The predicted molar refractivity (Wildman–Crippen MR) is 117 cm³/mol. The first-order valence-electron chi connectivity index (χ1n) is 9.82. The Hall–Kier alpha value is -3.73. The van der Waals surface area contributed by atoms with Crippen molar-refractivity contribution in [2.75, 3.05) is 20.3 Å². The van der Waals surface area contributed by atoms with Crippen LogP contribution in [0, 0.1) is 0 Å². The lowest BCUT2D eigenvalue weighted by Gasteiger charge is -2.12. The number of carbonyl (C=O) groups is 1. The maximum atomic E-state index is 12.3. The average Bonchev–Trinajstić information content (AvgIpc) is 3.19. The SMILES string of the molecule is COc1ccc2c(CC(=O)NCCOc3ccccc3-c3ccccc3)coc2c1. The molecule has 0 radical (unpaired) electrons. The second kappa shape index (κ2) is 9.18. The molecule has 152 valence electrons. The van der Waals surface area contributed by atoms with Gasteiger partial charge in [0.25, 0.3) is 0 Å². The van der Waals surface area contributed by atoms with Gasteiger partial charge in [-0.3, -0.25) is 4.79 Å². The summed E-state index contributed by atoms with van der Waals surface area (Å²) in [6.45, 7) is 0.810. The summed E-state index contributed by atoms with van der Waals surface area (Å²) in [5.74, 6) is 1.45. The maximum Gasteiger partial charge on any atom is 0.224 e. The summed E-state index contributed by atoms with van der Waals surface area (Å²) in [7, 11) is 1.61. The number of hydrogen-bond donors (Lipinski definition) is 1. The molecule has 4 aromatic rings. The quantitative estimate of drug-likeness (QED) is 0.429. The molecule has 5 nitrogen and oxygen atoms in total. The van der Waals surface area contributed by atoms with E-state index in [1.165, 1.54) is 0 Å². The average molecular weight is 401 g/mol. The molecule has 4 rings (SSSR count). The molecule has 1 heterocycles. The van der Waals surface area contributed by atoms with Gasteiger partial charge in [0.05, 0.1) is 26.3 Å². The molecule has 0 aliphatic rings. The first kappa shape index (κ1) is 19.6. The zero-order chi connectivity index (χ0) is 20.8. The van der Waals surface area contributed by atoms with Gasteiger partial charge in [0, 0.05) is 22.6 Å². The number of amides is 1. The third-order valence-corrected chi connectivity index (χ3v) is 4.87. The lowest BCUT2D eigenvalue weighted by atomic mass is 10.1. The summed E-state index contributed by atoms with van der Waals surface area (Å²) in [6, 6.07) is 23.6. The molecule has 5 heteroatoms. The number of hydrogen-bond acceptors (Lipinski definition) is 4. The molecule has 1 N–H and O–H groups in total. The smallest absolute Gasteiger partial charge is 0.224 e. The third-order valence-electron chi connectivity index (χ3n) is 4.87. The summed E-state index contributed by atoms with van der Waals surface area (Å²) in [5.41, 5.74) is 3.68. The first-order chi connectivity index (χ1) is 14.7. The second-order valence-electron chi connectivity index (χ2n) is 6.86. The van der Waals surface area contributed by atoms with Crippen LogP contribution in [0.4, 0.5) is 0 Å². The number of benzene rings is 3. The lowest BCUT2D eigenvalue weighted by molar-refractivity contribution is -0.120. The second-order valence-corrected chi connectivity index (χ2v) is 6.86. The maximum absolute atomic E-state index is 12.3. The number of fused-ring (bicyclic) bond motifs is 1. The summed E-state index contributed by atoms with van der Waals surface area (Å²) in [4.78, 5) is 12.3. The highest BCUT2D eigenvalue weighted by Crippen LogP contribution is 2.29. The Morgan fingerprint density at radius 2 is 1.80 bits per heavy atom. The summed E-state index contributed by atoms with van der Waals surface area (Å²) < 4.78 is 16.7. The molecule has 0 atom stereocenters. The Kier molecular flexibility index (Phi) is 5.99. The largest absolute Gasteiger partial charge is 0.497 e. The molecule has 0 unspecified atom stereocenters. The molecule has 0 saturated heterocycles. The molecular weight excluding hydrogens is 378 g/mol. The van der Waals surface area contributed by atoms with Gasteiger partial charge in [0.1, 0.15) is 23.7 Å².